The highest BCUT2D eigenvalue weighted by molar-refractivity contribution is 6.02. The van der Waals surface area contributed by atoms with Gasteiger partial charge in [0.2, 0.25) is 5.91 Å². The molecule has 0 aromatic heterocycles. The fourth-order valence-electron chi connectivity index (χ4n) is 3.24. The standard InChI is InChI=1S/C23H23N3O2/c27-22(24-18-13-14-18)21(15-16-7-2-1-3-8-16)26-23(28)25-20-12-6-10-17-9-4-5-11-19(17)20/h1-12,18,21H,13-15H2,(H,24,27)(H2,25,26,28)/t21-/m1/s1. The molecule has 0 spiro atoms. The molecule has 28 heavy (non-hydrogen) atoms. The molecule has 3 aromatic rings. The lowest BCUT2D eigenvalue weighted by atomic mass is 10.1. The summed E-state index contributed by atoms with van der Waals surface area (Å²) in [7, 11) is 0. The van der Waals surface area contributed by atoms with Crippen molar-refractivity contribution >= 4 is 28.4 Å². The number of fused-ring (bicyclic) bond motifs is 1. The summed E-state index contributed by atoms with van der Waals surface area (Å²) in [6.45, 7) is 0. The number of amides is 3. The smallest absolute Gasteiger partial charge is 0.319 e. The van der Waals surface area contributed by atoms with Gasteiger partial charge in [-0.05, 0) is 29.9 Å². The van der Waals surface area contributed by atoms with Crippen molar-refractivity contribution in [3.8, 4) is 0 Å². The van der Waals surface area contributed by atoms with Gasteiger partial charge in [-0.15, -0.1) is 0 Å². The van der Waals surface area contributed by atoms with Crippen LogP contribution in [0.3, 0.4) is 0 Å². The van der Waals surface area contributed by atoms with E-state index in [4.69, 9.17) is 0 Å². The molecule has 1 saturated carbocycles. The molecule has 3 aromatic carbocycles. The number of carbonyl (C=O) groups excluding carboxylic acids is 2. The fraction of sp³-hybridized carbons (Fsp3) is 0.217. The van der Waals surface area contributed by atoms with Crippen molar-refractivity contribution in [3.05, 3.63) is 78.4 Å². The van der Waals surface area contributed by atoms with Gasteiger partial charge in [-0.3, -0.25) is 4.79 Å². The Morgan fingerprint density at radius 3 is 2.39 bits per heavy atom. The lowest BCUT2D eigenvalue weighted by Crippen LogP contribution is -2.49. The van der Waals surface area contributed by atoms with Crippen LogP contribution in [0.5, 0.6) is 0 Å². The van der Waals surface area contributed by atoms with E-state index in [1.807, 2.05) is 72.8 Å². The summed E-state index contributed by atoms with van der Waals surface area (Å²) in [5.41, 5.74) is 1.72. The van der Waals surface area contributed by atoms with Crippen LogP contribution < -0.4 is 16.0 Å². The van der Waals surface area contributed by atoms with E-state index in [-0.39, 0.29) is 18.0 Å². The van der Waals surface area contributed by atoms with Crippen LogP contribution >= 0.6 is 0 Å². The summed E-state index contributed by atoms with van der Waals surface area (Å²) < 4.78 is 0. The second-order valence-corrected chi connectivity index (χ2v) is 7.15. The molecule has 5 heteroatoms. The third-order valence-electron chi connectivity index (χ3n) is 4.87. The van der Waals surface area contributed by atoms with Gasteiger partial charge in [0.25, 0.3) is 0 Å². The molecule has 1 fully saturated rings. The maximum atomic E-state index is 12.7. The summed E-state index contributed by atoms with van der Waals surface area (Å²) in [6, 6.07) is 22.6. The summed E-state index contributed by atoms with van der Waals surface area (Å²) in [4.78, 5) is 25.3. The molecule has 0 saturated heterocycles. The SMILES string of the molecule is O=C(Nc1cccc2ccccc12)N[C@H](Cc1ccccc1)C(=O)NC1CC1. The minimum Gasteiger partial charge on any atom is -0.352 e. The molecule has 5 nitrogen and oxygen atoms in total. The molecule has 4 rings (SSSR count). The average Bonchev–Trinajstić information content (AvgIpc) is 3.52. The first-order valence-corrected chi connectivity index (χ1v) is 9.58. The number of hydrogen-bond acceptors (Lipinski definition) is 2. The van der Waals surface area contributed by atoms with Gasteiger partial charge in [0, 0.05) is 17.8 Å². The summed E-state index contributed by atoms with van der Waals surface area (Å²) >= 11 is 0. The third kappa shape index (κ3) is 4.49. The van der Waals surface area contributed by atoms with Crippen LogP contribution in [0.15, 0.2) is 72.8 Å². The third-order valence-corrected chi connectivity index (χ3v) is 4.87. The van der Waals surface area contributed by atoms with Gasteiger partial charge in [-0.25, -0.2) is 4.79 Å². The highest BCUT2D eigenvalue weighted by Gasteiger charge is 2.28. The van der Waals surface area contributed by atoms with Gasteiger partial charge in [0.05, 0.1) is 5.69 Å². The molecule has 0 heterocycles. The predicted molar refractivity (Wildman–Crippen MR) is 111 cm³/mol. The molecule has 3 amide bonds. The molecule has 0 bridgehead atoms. The Balaban J connectivity index is 1.48. The van der Waals surface area contributed by atoms with Crippen molar-refractivity contribution in [2.75, 3.05) is 5.32 Å². The molecule has 142 valence electrons. The molecule has 1 aliphatic carbocycles. The van der Waals surface area contributed by atoms with Gasteiger partial charge in [0.15, 0.2) is 0 Å². The minimum atomic E-state index is -0.627. The van der Waals surface area contributed by atoms with Gasteiger partial charge in [0.1, 0.15) is 6.04 Å². The number of anilines is 1. The zero-order valence-corrected chi connectivity index (χ0v) is 15.5. The normalized spacial score (nSPS) is 14.3. The highest BCUT2D eigenvalue weighted by atomic mass is 16.2. The summed E-state index contributed by atoms with van der Waals surface area (Å²) in [5.74, 6) is -0.139. The van der Waals surface area contributed by atoms with E-state index in [1.165, 1.54) is 0 Å². The Morgan fingerprint density at radius 1 is 0.893 bits per heavy atom. The van der Waals surface area contributed by atoms with Crippen LogP contribution in [-0.2, 0) is 11.2 Å². The topological polar surface area (TPSA) is 70.2 Å². The Morgan fingerprint density at radius 2 is 1.61 bits per heavy atom. The van der Waals surface area contributed by atoms with Gasteiger partial charge >= 0.3 is 6.03 Å². The number of carbonyl (C=O) groups is 2. The first-order valence-electron chi connectivity index (χ1n) is 9.58. The number of nitrogens with one attached hydrogen (secondary N) is 3. The lowest BCUT2D eigenvalue weighted by molar-refractivity contribution is -0.123. The van der Waals surface area contributed by atoms with Crippen LogP contribution in [0, 0.1) is 0 Å². The van der Waals surface area contributed by atoms with Crippen LogP contribution in [-0.4, -0.2) is 24.0 Å². The van der Waals surface area contributed by atoms with E-state index in [0.717, 1.165) is 34.9 Å². The van der Waals surface area contributed by atoms with Crippen LogP contribution in [0.4, 0.5) is 10.5 Å². The van der Waals surface area contributed by atoms with Crippen molar-refractivity contribution in [1.82, 2.24) is 10.6 Å². The quantitative estimate of drug-likeness (QED) is 0.614. The Labute approximate surface area is 164 Å². The fourth-order valence-corrected chi connectivity index (χ4v) is 3.24. The predicted octanol–water partition coefficient (Wildman–Crippen LogP) is 3.85. The monoisotopic (exact) mass is 373 g/mol. The molecule has 0 unspecified atom stereocenters. The minimum absolute atomic E-state index is 0.139. The number of rotatable bonds is 6. The summed E-state index contributed by atoms with van der Waals surface area (Å²) in [6.07, 6.45) is 2.46. The Bertz CT molecular complexity index is 978. The molecule has 0 radical (unpaired) electrons. The van der Waals surface area contributed by atoms with E-state index in [0.29, 0.717) is 6.42 Å². The van der Waals surface area contributed by atoms with E-state index < -0.39 is 6.04 Å². The van der Waals surface area contributed by atoms with E-state index >= 15 is 0 Å². The van der Waals surface area contributed by atoms with E-state index in [9.17, 15) is 9.59 Å². The zero-order chi connectivity index (χ0) is 19.3. The first kappa shape index (κ1) is 18.0. The summed E-state index contributed by atoms with van der Waals surface area (Å²) in [5, 5.41) is 10.7. The Kier molecular flexibility index (Phi) is 5.24. The molecular weight excluding hydrogens is 350 g/mol. The van der Waals surface area contributed by atoms with Crippen LogP contribution in [0.2, 0.25) is 0 Å². The van der Waals surface area contributed by atoms with Crippen LogP contribution in [0.25, 0.3) is 10.8 Å². The zero-order valence-electron chi connectivity index (χ0n) is 15.5. The van der Waals surface area contributed by atoms with Crippen molar-refractivity contribution in [3.63, 3.8) is 0 Å². The van der Waals surface area contributed by atoms with Crippen molar-refractivity contribution in [2.24, 2.45) is 0 Å². The number of benzene rings is 3. The van der Waals surface area contributed by atoms with Crippen molar-refractivity contribution < 1.29 is 9.59 Å². The first-order chi connectivity index (χ1) is 13.7. The van der Waals surface area contributed by atoms with E-state index in [1.54, 1.807) is 0 Å². The molecule has 1 aliphatic rings. The van der Waals surface area contributed by atoms with Crippen molar-refractivity contribution in [1.29, 1.82) is 0 Å². The molecule has 1 atom stereocenters. The largest absolute Gasteiger partial charge is 0.352 e. The van der Waals surface area contributed by atoms with E-state index in [2.05, 4.69) is 16.0 Å². The molecule has 3 N–H and O–H groups in total. The lowest BCUT2D eigenvalue weighted by Gasteiger charge is -2.19. The molecular formula is C23H23N3O2. The maximum absolute atomic E-state index is 12.7. The maximum Gasteiger partial charge on any atom is 0.319 e. The van der Waals surface area contributed by atoms with Gasteiger partial charge in [-0.2, -0.15) is 0 Å². The van der Waals surface area contributed by atoms with Crippen molar-refractivity contribution in [2.45, 2.75) is 31.3 Å². The van der Waals surface area contributed by atoms with Crippen LogP contribution in [0.1, 0.15) is 18.4 Å². The second kappa shape index (κ2) is 8.13. The number of hydrogen-bond donors (Lipinski definition) is 3. The average molecular weight is 373 g/mol. The second-order valence-electron chi connectivity index (χ2n) is 7.15. The number of urea groups is 1. The van der Waals surface area contributed by atoms with Gasteiger partial charge < -0.3 is 16.0 Å². The van der Waals surface area contributed by atoms with Gasteiger partial charge in [-0.1, -0.05) is 66.7 Å². The highest BCUT2D eigenvalue weighted by Crippen LogP contribution is 2.23. The molecule has 0 aliphatic heterocycles. The Hall–Kier alpha value is -3.34.